The predicted molar refractivity (Wildman–Crippen MR) is 58.7 cm³/mol. The second-order valence-electron chi connectivity index (χ2n) is 4.21. The van der Waals surface area contributed by atoms with Crippen molar-refractivity contribution in [1.29, 1.82) is 0 Å². The SMILES string of the molecule is CC(C)(C)Sc1ccccc1OC(F)(F)F. The molecule has 1 aromatic rings. The van der Waals surface area contributed by atoms with Gasteiger partial charge in [0.05, 0.1) is 4.90 Å². The molecule has 0 bridgehead atoms. The standard InChI is InChI=1S/C11H13F3OS/c1-10(2,3)16-9-7-5-4-6-8(9)15-11(12,13)14/h4-7H,1-3H3. The molecule has 1 rings (SSSR count). The van der Waals surface area contributed by atoms with E-state index >= 15 is 0 Å². The molecule has 0 saturated heterocycles. The molecule has 0 saturated carbocycles. The van der Waals surface area contributed by atoms with Crippen LogP contribution in [-0.2, 0) is 0 Å². The molecule has 0 aliphatic carbocycles. The Morgan fingerprint density at radius 3 is 2.12 bits per heavy atom. The third kappa shape index (κ3) is 4.79. The lowest BCUT2D eigenvalue weighted by Crippen LogP contribution is -2.18. The first-order valence-corrected chi connectivity index (χ1v) is 5.53. The maximum Gasteiger partial charge on any atom is 0.573 e. The van der Waals surface area contributed by atoms with E-state index in [4.69, 9.17) is 0 Å². The number of rotatable bonds is 2. The lowest BCUT2D eigenvalue weighted by Gasteiger charge is -2.20. The Morgan fingerprint density at radius 2 is 1.62 bits per heavy atom. The lowest BCUT2D eigenvalue weighted by molar-refractivity contribution is -0.275. The summed E-state index contributed by atoms with van der Waals surface area (Å²) in [5.74, 6) is -0.144. The maximum atomic E-state index is 12.1. The first-order valence-electron chi connectivity index (χ1n) is 4.71. The van der Waals surface area contributed by atoms with Crippen LogP contribution in [0.3, 0.4) is 0 Å². The Morgan fingerprint density at radius 1 is 1.06 bits per heavy atom. The number of benzene rings is 1. The number of thioether (sulfide) groups is 1. The molecule has 16 heavy (non-hydrogen) atoms. The van der Waals surface area contributed by atoms with Crippen LogP contribution in [0, 0.1) is 0 Å². The van der Waals surface area contributed by atoms with Crippen molar-refractivity contribution in [1.82, 2.24) is 0 Å². The van der Waals surface area contributed by atoms with Gasteiger partial charge >= 0.3 is 6.36 Å². The molecule has 0 aliphatic rings. The summed E-state index contributed by atoms with van der Waals surface area (Å²) in [4.78, 5) is 0.493. The zero-order valence-corrected chi connectivity index (χ0v) is 10.1. The molecular formula is C11H13F3OS. The van der Waals surface area contributed by atoms with E-state index < -0.39 is 6.36 Å². The zero-order valence-electron chi connectivity index (χ0n) is 9.26. The van der Waals surface area contributed by atoms with Gasteiger partial charge < -0.3 is 4.74 Å². The number of alkyl halides is 3. The van der Waals surface area contributed by atoms with E-state index in [-0.39, 0.29) is 10.5 Å². The highest BCUT2D eigenvalue weighted by Crippen LogP contribution is 2.39. The van der Waals surface area contributed by atoms with E-state index in [1.54, 1.807) is 12.1 Å². The minimum atomic E-state index is -4.64. The average molecular weight is 250 g/mol. The van der Waals surface area contributed by atoms with Crippen molar-refractivity contribution in [2.45, 2.75) is 36.8 Å². The first-order chi connectivity index (χ1) is 7.17. The van der Waals surface area contributed by atoms with Gasteiger partial charge in [-0.05, 0) is 12.1 Å². The molecule has 0 radical (unpaired) electrons. The quantitative estimate of drug-likeness (QED) is 0.716. The number of hydrogen-bond acceptors (Lipinski definition) is 2. The van der Waals surface area contributed by atoms with Crippen LogP contribution < -0.4 is 4.74 Å². The third-order valence-electron chi connectivity index (χ3n) is 1.49. The largest absolute Gasteiger partial charge is 0.573 e. The Hall–Kier alpha value is -0.840. The highest BCUT2D eigenvalue weighted by molar-refractivity contribution is 8.00. The second kappa shape index (κ2) is 4.57. The Labute approximate surface area is 97.0 Å². The molecule has 0 aromatic heterocycles. The summed E-state index contributed by atoms with van der Waals surface area (Å²) >= 11 is 1.34. The number of halogens is 3. The number of hydrogen-bond donors (Lipinski definition) is 0. The van der Waals surface area contributed by atoms with Crippen LogP contribution in [0.25, 0.3) is 0 Å². The van der Waals surface area contributed by atoms with Gasteiger partial charge in [-0.15, -0.1) is 24.9 Å². The Kier molecular flexibility index (Phi) is 3.78. The molecule has 1 aromatic carbocycles. The molecule has 0 spiro atoms. The summed E-state index contributed by atoms with van der Waals surface area (Å²) in [6.45, 7) is 5.80. The van der Waals surface area contributed by atoms with Crippen molar-refractivity contribution in [2.24, 2.45) is 0 Å². The molecule has 0 unspecified atom stereocenters. The molecule has 0 amide bonds. The van der Waals surface area contributed by atoms with Crippen molar-refractivity contribution in [3.8, 4) is 5.75 Å². The fourth-order valence-electron chi connectivity index (χ4n) is 1.07. The topological polar surface area (TPSA) is 9.23 Å². The molecule has 90 valence electrons. The van der Waals surface area contributed by atoms with E-state index in [1.807, 2.05) is 20.8 Å². The van der Waals surface area contributed by atoms with Crippen LogP contribution in [-0.4, -0.2) is 11.1 Å². The number of para-hydroxylation sites is 1. The van der Waals surface area contributed by atoms with Gasteiger partial charge in [0.2, 0.25) is 0 Å². The summed E-state index contributed by atoms with van der Waals surface area (Å²) in [6.07, 6.45) is -4.64. The first kappa shape index (κ1) is 13.2. The van der Waals surface area contributed by atoms with Crippen molar-refractivity contribution in [2.75, 3.05) is 0 Å². The highest BCUT2D eigenvalue weighted by Gasteiger charge is 2.32. The van der Waals surface area contributed by atoms with Crippen LogP contribution >= 0.6 is 11.8 Å². The summed E-state index contributed by atoms with van der Waals surface area (Å²) < 4.78 is 40.2. The molecule has 0 fully saturated rings. The van der Waals surface area contributed by atoms with Gasteiger partial charge in [0.15, 0.2) is 0 Å². The normalized spacial score (nSPS) is 12.6. The van der Waals surface area contributed by atoms with Gasteiger partial charge in [0.25, 0.3) is 0 Å². The van der Waals surface area contributed by atoms with Gasteiger partial charge in [0.1, 0.15) is 5.75 Å². The molecule has 0 atom stereocenters. The third-order valence-corrected chi connectivity index (χ3v) is 2.66. The van der Waals surface area contributed by atoms with Crippen LogP contribution in [0.1, 0.15) is 20.8 Å². The van der Waals surface area contributed by atoms with Crippen LogP contribution in [0.15, 0.2) is 29.2 Å². The van der Waals surface area contributed by atoms with E-state index in [1.165, 1.54) is 23.9 Å². The minimum absolute atomic E-state index is 0.144. The van der Waals surface area contributed by atoms with Crippen molar-refractivity contribution >= 4 is 11.8 Å². The summed E-state index contributed by atoms with van der Waals surface area (Å²) in [5.41, 5.74) is 0. The van der Waals surface area contributed by atoms with E-state index in [2.05, 4.69) is 4.74 Å². The molecule has 0 heterocycles. The Balaban J connectivity index is 2.92. The molecule has 0 aliphatic heterocycles. The van der Waals surface area contributed by atoms with Gasteiger partial charge in [-0.25, -0.2) is 0 Å². The number of ether oxygens (including phenoxy) is 1. The smallest absolute Gasteiger partial charge is 0.405 e. The predicted octanol–water partition coefficient (Wildman–Crippen LogP) is 4.48. The maximum absolute atomic E-state index is 12.1. The minimum Gasteiger partial charge on any atom is -0.405 e. The van der Waals surface area contributed by atoms with Crippen LogP contribution in [0.5, 0.6) is 5.75 Å². The van der Waals surface area contributed by atoms with Gasteiger partial charge in [-0.2, -0.15) is 0 Å². The Bertz CT molecular complexity index is 320. The van der Waals surface area contributed by atoms with Gasteiger partial charge in [0, 0.05) is 4.75 Å². The fraction of sp³-hybridized carbons (Fsp3) is 0.455. The van der Waals surface area contributed by atoms with Gasteiger partial charge in [-0.3, -0.25) is 0 Å². The monoisotopic (exact) mass is 250 g/mol. The highest BCUT2D eigenvalue weighted by atomic mass is 32.2. The average Bonchev–Trinajstić information content (AvgIpc) is 2.03. The molecule has 0 N–H and O–H groups in total. The molecule has 5 heteroatoms. The second-order valence-corrected chi connectivity index (χ2v) is 6.08. The molecule has 1 nitrogen and oxygen atoms in total. The zero-order chi connectivity index (χ0) is 12.4. The van der Waals surface area contributed by atoms with E-state index in [0.29, 0.717) is 4.90 Å². The summed E-state index contributed by atoms with van der Waals surface area (Å²) in [5, 5.41) is 0. The van der Waals surface area contributed by atoms with Crippen LogP contribution in [0.2, 0.25) is 0 Å². The van der Waals surface area contributed by atoms with E-state index in [0.717, 1.165) is 0 Å². The summed E-state index contributed by atoms with van der Waals surface area (Å²) in [6, 6.07) is 6.16. The van der Waals surface area contributed by atoms with Crippen molar-refractivity contribution in [3.05, 3.63) is 24.3 Å². The lowest BCUT2D eigenvalue weighted by atomic mass is 10.3. The van der Waals surface area contributed by atoms with Crippen molar-refractivity contribution in [3.63, 3.8) is 0 Å². The van der Waals surface area contributed by atoms with Crippen molar-refractivity contribution < 1.29 is 17.9 Å². The van der Waals surface area contributed by atoms with Crippen LogP contribution in [0.4, 0.5) is 13.2 Å². The summed E-state index contributed by atoms with van der Waals surface area (Å²) in [7, 11) is 0. The fourth-order valence-corrected chi connectivity index (χ4v) is 2.09. The van der Waals surface area contributed by atoms with E-state index in [9.17, 15) is 13.2 Å². The van der Waals surface area contributed by atoms with Gasteiger partial charge in [-0.1, -0.05) is 32.9 Å². The molecular weight excluding hydrogens is 237 g/mol.